The number of hydrogen-bond acceptors (Lipinski definition) is 6. The smallest absolute Gasteiger partial charge is 0.294 e. The van der Waals surface area contributed by atoms with E-state index in [4.69, 9.17) is 16.9 Å². The van der Waals surface area contributed by atoms with Gasteiger partial charge in [0.15, 0.2) is 5.69 Å². The van der Waals surface area contributed by atoms with Crippen LogP contribution in [0.1, 0.15) is 10.5 Å². The van der Waals surface area contributed by atoms with E-state index in [0.717, 1.165) is 0 Å². The van der Waals surface area contributed by atoms with Crippen molar-refractivity contribution in [1.82, 2.24) is 9.78 Å². The maximum absolute atomic E-state index is 12.1. The Balaban J connectivity index is 2.39. The average Bonchev–Trinajstić information content (AvgIpc) is 2.98. The Morgan fingerprint density at radius 2 is 1.96 bits per heavy atom. The van der Waals surface area contributed by atoms with Crippen molar-refractivity contribution in [2.75, 3.05) is 0 Å². The molecule has 8 nitrogen and oxygen atoms in total. The van der Waals surface area contributed by atoms with Gasteiger partial charge in [-0.2, -0.15) is 10.4 Å². The van der Waals surface area contributed by atoms with Gasteiger partial charge in [0.25, 0.3) is 5.69 Å². The third-order valence-electron chi connectivity index (χ3n) is 3.80. The molecule has 0 aliphatic carbocycles. The second kappa shape index (κ2) is 6.95. The Bertz CT molecular complexity index is 1000. The summed E-state index contributed by atoms with van der Waals surface area (Å²) in [6.45, 7) is 0. The Labute approximate surface area is 152 Å². The fraction of sp³-hybridized carbons (Fsp3) is 0.0588. The van der Waals surface area contributed by atoms with Gasteiger partial charge in [-0.05, 0) is 12.1 Å². The molecule has 3 rings (SSSR count). The number of carbonyl (C=O) groups excluding carboxylic acids is 1. The molecule has 0 atom stereocenters. The van der Waals surface area contributed by atoms with Crippen LogP contribution in [0, 0.1) is 10.1 Å². The highest BCUT2D eigenvalue weighted by molar-refractivity contribution is 6.31. The lowest BCUT2D eigenvalue weighted by Gasteiger charge is -2.07. The van der Waals surface area contributed by atoms with Gasteiger partial charge in [-0.1, -0.05) is 41.9 Å². The van der Waals surface area contributed by atoms with Crippen LogP contribution < -0.4 is 0 Å². The third-order valence-corrected chi connectivity index (χ3v) is 4.03. The van der Waals surface area contributed by atoms with Crippen molar-refractivity contribution < 1.29 is 19.9 Å². The maximum atomic E-state index is 12.1. The molecule has 1 N–H and O–H groups in total. The summed E-state index contributed by atoms with van der Waals surface area (Å²) in [5.74, 6) is -1.08. The number of rotatable bonds is 4. The summed E-state index contributed by atoms with van der Waals surface area (Å²) < 4.78 is 1.20. The first-order chi connectivity index (χ1) is 12.4. The number of benzene rings is 2. The minimum Gasteiger partial charge on any atom is -0.294 e. The fourth-order valence-electron chi connectivity index (χ4n) is 2.72. The molecule has 2 aromatic carbocycles. The van der Waals surface area contributed by atoms with Gasteiger partial charge in [0.05, 0.1) is 10.5 Å². The third kappa shape index (κ3) is 3.03. The van der Waals surface area contributed by atoms with Crippen LogP contribution in [0.2, 0.25) is 5.02 Å². The second-order valence-corrected chi connectivity index (χ2v) is 5.80. The lowest BCUT2D eigenvalue weighted by atomic mass is 9.97. The van der Waals surface area contributed by atoms with Gasteiger partial charge < -0.3 is 0 Å². The molecule has 0 spiro atoms. The van der Waals surface area contributed by atoms with Gasteiger partial charge in [-0.15, -0.1) is 0 Å². The quantitative estimate of drug-likeness (QED) is 0.421. The Hall–Kier alpha value is -3.23. The van der Waals surface area contributed by atoms with E-state index in [1.807, 2.05) is 0 Å². The Kier molecular flexibility index (Phi) is 4.70. The normalized spacial score (nSPS) is 10.6. The van der Waals surface area contributed by atoms with Crippen molar-refractivity contribution in [3.8, 4) is 22.4 Å². The average molecular weight is 374 g/mol. The summed E-state index contributed by atoms with van der Waals surface area (Å²) in [6.07, 6.45) is 0. The maximum Gasteiger partial charge on any atom is 0.391 e. The summed E-state index contributed by atoms with van der Waals surface area (Å²) in [5, 5.41) is 24.8. The van der Waals surface area contributed by atoms with E-state index in [-0.39, 0.29) is 27.5 Å². The lowest BCUT2D eigenvalue weighted by molar-refractivity contribution is -0.384. The van der Waals surface area contributed by atoms with Crippen LogP contribution in [0.25, 0.3) is 22.4 Å². The van der Waals surface area contributed by atoms with Crippen LogP contribution in [0.3, 0.4) is 0 Å². The molecule has 0 saturated carbocycles. The molecule has 1 aromatic heterocycles. The summed E-state index contributed by atoms with van der Waals surface area (Å²) in [5.41, 5.74) is 0.845. The van der Waals surface area contributed by atoms with Crippen LogP contribution in [0.4, 0.5) is 5.69 Å². The predicted molar refractivity (Wildman–Crippen MR) is 93.8 cm³/mol. The molecule has 0 aliphatic heterocycles. The summed E-state index contributed by atoms with van der Waals surface area (Å²) in [7, 11) is 1.48. The summed E-state index contributed by atoms with van der Waals surface area (Å²) in [6, 6.07) is 12.9. The van der Waals surface area contributed by atoms with Gasteiger partial charge in [-0.25, -0.2) is 4.79 Å². The number of carbonyl (C=O) groups is 1. The van der Waals surface area contributed by atoms with Crippen LogP contribution >= 0.6 is 11.6 Å². The SMILES string of the molecule is Cn1nc(-c2ccccc2)c(-c2ccc(Cl)cc2[N+](=O)[O-])c1C(=O)OO. The monoisotopic (exact) mass is 373 g/mol. The van der Waals surface area contributed by atoms with Gasteiger partial charge in [0.1, 0.15) is 5.69 Å². The van der Waals surface area contributed by atoms with E-state index >= 15 is 0 Å². The van der Waals surface area contributed by atoms with Crippen LogP contribution in [-0.4, -0.2) is 25.9 Å². The first-order valence-electron chi connectivity index (χ1n) is 7.36. The number of nitro groups is 1. The standard InChI is InChI=1S/C17H12ClN3O5/c1-20-16(17(22)26-25)14(15(19-20)10-5-3-2-4-6-10)12-8-7-11(18)9-13(12)21(23)24/h2-9,25H,1H3. The van der Waals surface area contributed by atoms with Crippen molar-refractivity contribution in [3.63, 3.8) is 0 Å². The molecule has 3 aromatic rings. The molecule has 0 amide bonds. The predicted octanol–water partition coefficient (Wildman–Crippen LogP) is 3.95. The van der Waals surface area contributed by atoms with Crippen molar-refractivity contribution >= 4 is 23.3 Å². The zero-order valence-corrected chi connectivity index (χ0v) is 14.2. The molecule has 0 bridgehead atoms. The summed E-state index contributed by atoms with van der Waals surface area (Å²) in [4.78, 5) is 26.9. The number of aryl methyl sites for hydroxylation is 1. The molecule has 26 heavy (non-hydrogen) atoms. The molecular weight excluding hydrogens is 362 g/mol. The fourth-order valence-corrected chi connectivity index (χ4v) is 2.89. The molecule has 132 valence electrons. The van der Waals surface area contributed by atoms with Gasteiger partial charge in [-0.3, -0.25) is 19.7 Å². The van der Waals surface area contributed by atoms with E-state index in [1.165, 1.54) is 29.9 Å². The van der Waals surface area contributed by atoms with Crippen LogP contribution in [0.5, 0.6) is 0 Å². The highest BCUT2D eigenvalue weighted by atomic mass is 35.5. The topological polar surface area (TPSA) is 107 Å². The van der Waals surface area contributed by atoms with Crippen LogP contribution in [-0.2, 0) is 11.9 Å². The Morgan fingerprint density at radius 3 is 2.58 bits per heavy atom. The molecule has 0 unspecified atom stereocenters. The largest absolute Gasteiger partial charge is 0.391 e. The van der Waals surface area contributed by atoms with Crippen molar-refractivity contribution in [3.05, 3.63) is 69.4 Å². The van der Waals surface area contributed by atoms with Gasteiger partial charge in [0, 0.05) is 29.3 Å². The highest BCUT2D eigenvalue weighted by Gasteiger charge is 2.30. The van der Waals surface area contributed by atoms with Gasteiger partial charge in [0.2, 0.25) is 0 Å². The van der Waals surface area contributed by atoms with Crippen molar-refractivity contribution in [2.45, 2.75) is 0 Å². The number of aromatic nitrogens is 2. The summed E-state index contributed by atoms with van der Waals surface area (Å²) >= 11 is 5.88. The molecule has 0 radical (unpaired) electrons. The van der Waals surface area contributed by atoms with E-state index < -0.39 is 10.9 Å². The number of hydrogen-bond donors (Lipinski definition) is 1. The number of nitrogens with zero attached hydrogens (tertiary/aromatic N) is 3. The zero-order valence-electron chi connectivity index (χ0n) is 13.4. The second-order valence-electron chi connectivity index (χ2n) is 5.36. The molecule has 0 aliphatic rings. The molecular formula is C17H12ClN3O5. The highest BCUT2D eigenvalue weighted by Crippen LogP contribution is 2.40. The Morgan fingerprint density at radius 1 is 1.27 bits per heavy atom. The molecule has 9 heteroatoms. The van der Waals surface area contributed by atoms with Crippen LogP contribution in [0.15, 0.2) is 48.5 Å². The first kappa shape index (κ1) is 17.6. The van der Waals surface area contributed by atoms with Crippen molar-refractivity contribution in [2.24, 2.45) is 7.05 Å². The van der Waals surface area contributed by atoms with E-state index in [9.17, 15) is 14.9 Å². The van der Waals surface area contributed by atoms with Gasteiger partial charge >= 0.3 is 5.97 Å². The zero-order chi connectivity index (χ0) is 18.8. The molecule has 1 heterocycles. The van der Waals surface area contributed by atoms with E-state index in [2.05, 4.69) is 9.99 Å². The minimum absolute atomic E-state index is 0.128. The lowest BCUT2D eigenvalue weighted by Crippen LogP contribution is -2.10. The number of nitro benzene ring substituents is 1. The molecule has 0 fully saturated rings. The number of halogens is 1. The van der Waals surface area contributed by atoms with Crippen molar-refractivity contribution in [1.29, 1.82) is 0 Å². The van der Waals surface area contributed by atoms with E-state index in [0.29, 0.717) is 11.3 Å². The first-order valence-corrected chi connectivity index (χ1v) is 7.74. The van der Waals surface area contributed by atoms with E-state index in [1.54, 1.807) is 30.3 Å². The molecule has 0 saturated heterocycles. The minimum atomic E-state index is -1.08.